The van der Waals surface area contributed by atoms with Crippen LogP contribution in [0.3, 0.4) is 0 Å². The van der Waals surface area contributed by atoms with Crippen molar-refractivity contribution in [3.05, 3.63) is 69.8 Å². The molecule has 0 saturated carbocycles. The van der Waals surface area contributed by atoms with Gasteiger partial charge in [0.25, 0.3) is 0 Å². The standard InChI is InChI=1S/C22H27NO.CH4/c1-14-11-17(4)21(18(5)12-14)20(24-7)13-19(6)23-22-15(2)9-8-10-16(22)3;/h8-13H,1-7H3;1H4/b20-13-,23-19?;. The maximum Gasteiger partial charge on any atom is 0.128 e. The first-order valence-corrected chi connectivity index (χ1v) is 8.29. The second kappa shape index (κ2) is 8.66. The minimum absolute atomic E-state index is 0. The highest BCUT2D eigenvalue weighted by Crippen LogP contribution is 2.27. The van der Waals surface area contributed by atoms with Crippen molar-refractivity contribution in [3.63, 3.8) is 0 Å². The molecule has 2 aromatic rings. The number of benzene rings is 2. The van der Waals surface area contributed by atoms with Crippen LogP contribution in [0.5, 0.6) is 0 Å². The summed E-state index contributed by atoms with van der Waals surface area (Å²) in [6, 6.07) is 10.6. The van der Waals surface area contributed by atoms with Crippen molar-refractivity contribution >= 4 is 17.2 Å². The zero-order valence-corrected chi connectivity index (χ0v) is 15.8. The summed E-state index contributed by atoms with van der Waals surface area (Å²) in [7, 11) is 1.72. The van der Waals surface area contributed by atoms with Gasteiger partial charge in [0.15, 0.2) is 0 Å². The number of aryl methyl sites for hydroxylation is 5. The van der Waals surface area contributed by atoms with Gasteiger partial charge in [-0.2, -0.15) is 0 Å². The fourth-order valence-corrected chi connectivity index (χ4v) is 3.18. The van der Waals surface area contributed by atoms with Crippen molar-refractivity contribution in [2.75, 3.05) is 7.11 Å². The maximum atomic E-state index is 5.69. The Morgan fingerprint density at radius 1 is 0.920 bits per heavy atom. The summed E-state index contributed by atoms with van der Waals surface area (Å²) in [6.45, 7) is 12.6. The molecule has 0 aliphatic heterocycles. The predicted molar refractivity (Wildman–Crippen MR) is 111 cm³/mol. The topological polar surface area (TPSA) is 21.6 Å². The summed E-state index contributed by atoms with van der Waals surface area (Å²) in [4.78, 5) is 4.81. The average molecular weight is 338 g/mol. The minimum Gasteiger partial charge on any atom is -0.496 e. The number of para-hydroxylation sites is 1. The van der Waals surface area contributed by atoms with Crippen molar-refractivity contribution in [1.29, 1.82) is 0 Å². The number of allylic oxidation sites excluding steroid dienone is 1. The highest BCUT2D eigenvalue weighted by molar-refractivity contribution is 6.00. The number of aliphatic imine (C=N–C) groups is 1. The maximum absolute atomic E-state index is 5.69. The summed E-state index contributed by atoms with van der Waals surface area (Å²) in [5.41, 5.74) is 9.21. The summed E-state index contributed by atoms with van der Waals surface area (Å²) >= 11 is 0. The number of hydrogen-bond acceptors (Lipinski definition) is 2. The molecule has 0 aliphatic carbocycles. The van der Waals surface area contributed by atoms with E-state index < -0.39 is 0 Å². The van der Waals surface area contributed by atoms with Crippen LogP contribution in [-0.2, 0) is 4.74 Å². The monoisotopic (exact) mass is 337 g/mol. The molecule has 0 atom stereocenters. The van der Waals surface area contributed by atoms with Crippen LogP contribution >= 0.6 is 0 Å². The Labute approximate surface area is 153 Å². The van der Waals surface area contributed by atoms with Gasteiger partial charge in [-0.25, -0.2) is 0 Å². The Morgan fingerprint density at radius 3 is 1.92 bits per heavy atom. The van der Waals surface area contributed by atoms with Crippen LogP contribution in [0.1, 0.15) is 47.7 Å². The average Bonchev–Trinajstić information content (AvgIpc) is 2.49. The molecule has 2 nitrogen and oxygen atoms in total. The van der Waals surface area contributed by atoms with Crippen molar-refractivity contribution < 1.29 is 4.74 Å². The zero-order valence-electron chi connectivity index (χ0n) is 15.8. The van der Waals surface area contributed by atoms with E-state index in [2.05, 4.69) is 65.0 Å². The summed E-state index contributed by atoms with van der Waals surface area (Å²) in [5, 5.41) is 0. The van der Waals surface area contributed by atoms with Gasteiger partial charge in [0.05, 0.1) is 12.8 Å². The van der Waals surface area contributed by atoms with Gasteiger partial charge in [-0.15, -0.1) is 0 Å². The highest BCUT2D eigenvalue weighted by atomic mass is 16.5. The Bertz CT molecular complexity index is 770. The van der Waals surface area contributed by atoms with E-state index in [1.807, 2.05) is 13.0 Å². The van der Waals surface area contributed by atoms with Gasteiger partial charge in [-0.1, -0.05) is 43.3 Å². The largest absolute Gasteiger partial charge is 0.496 e. The molecular weight excluding hydrogens is 306 g/mol. The van der Waals surface area contributed by atoms with Gasteiger partial charge >= 0.3 is 0 Å². The lowest BCUT2D eigenvalue weighted by Gasteiger charge is -2.14. The first-order chi connectivity index (χ1) is 11.3. The van der Waals surface area contributed by atoms with Gasteiger partial charge in [0.1, 0.15) is 5.76 Å². The molecule has 0 N–H and O–H groups in total. The Kier molecular flexibility index (Phi) is 7.17. The number of rotatable bonds is 4. The van der Waals surface area contributed by atoms with Crippen LogP contribution in [0, 0.1) is 34.6 Å². The van der Waals surface area contributed by atoms with Gasteiger partial charge < -0.3 is 4.74 Å². The van der Waals surface area contributed by atoms with E-state index in [9.17, 15) is 0 Å². The van der Waals surface area contributed by atoms with Gasteiger partial charge in [0.2, 0.25) is 0 Å². The van der Waals surface area contributed by atoms with E-state index >= 15 is 0 Å². The van der Waals surface area contributed by atoms with E-state index in [0.29, 0.717) is 0 Å². The van der Waals surface area contributed by atoms with Crippen molar-refractivity contribution in [3.8, 4) is 0 Å². The molecule has 2 aromatic carbocycles. The van der Waals surface area contributed by atoms with Crippen LogP contribution in [0.4, 0.5) is 5.69 Å². The molecule has 25 heavy (non-hydrogen) atoms. The SMILES string of the molecule is C.CO/C(=C\C(C)=Nc1c(C)cccc1C)c1c(C)cc(C)cc1C. The number of nitrogens with zero attached hydrogens (tertiary/aromatic N) is 1. The normalized spacial score (nSPS) is 12.0. The minimum atomic E-state index is 0. The smallest absolute Gasteiger partial charge is 0.128 e. The number of ether oxygens (including phenoxy) is 1. The Balaban J connectivity index is 0.00000312. The third-order valence-corrected chi connectivity index (χ3v) is 4.21. The van der Waals surface area contributed by atoms with Crippen molar-refractivity contribution in [1.82, 2.24) is 0 Å². The molecule has 0 aromatic heterocycles. The fraction of sp³-hybridized carbons (Fsp3) is 0.348. The summed E-state index contributed by atoms with van der Waals surface area (Å²) in [6.07, 6.45) is 2.02. The summed E-state index contributed by atoms with van der Waals surface area (Å²) in [5.74, 6) is 0.859. The second-order valence-electron chi connectivity index (χ2n) is 6.48. The molecule has 2 rings (SSSR count). The van der Waals surface area contributed by atoms with Gasteiger partial charge in [0, 0.05) is 17.4 Å². The first kappa shape index (κ1) is 20.7. The van der Waals surface area contributed by atoms with E-state index in [0.717, 1.165) is 22.7 Å². The molecule has 0 bridgehead atoms. The highest BCUT2D eigenvalue weighted by Gasteiger charge is 2.10. The van der Waals surface area contributed by atoms with E-state index in [1.165, 1.54) is 27.8 Å². The number of hydrogen-bond donors (Lipinski definition) is 0. The molecule has 134 valence electrons. The van der Waals surface area contributed by atoms with E-state index in [1.54, 1.807) is 7.11 Å². The molecule has 0 spiro atoms. The number of methoxy groups -OCH3 is 1. The van der Waals surface area contributed by atoms with Gasteiger partial charge in [-0.3, -0.25) is 4.99 Å². The molecule has 0 radical (unpaired) electrons. The third-order valence-electron chi connectivity index (χ3n) is 4.21. The third kappa shape index (κ3) is 4.82. The van der Waals surface area contributed by atoms with Gasteiger partial charge in [-0.05, 0) is 63.8 Å². The molecule has 0 fully saturated rings. The lowest BCUT2D eigenvalue weighted by Crippen LogP contribution is -1.99. The lowest BCUT2D eigenvalue weighted by atomic mass is 9.97. The molecule has 0 aliphatic rings. The van der Waals surface area contributed by atoms with Crippen LogP contribution in [0.15, 0.2) is 41.4 Å². The fourth-order valence-electron chi connectivity index (χ4n) is 3.18. The Hall–Kier alpha value is -2.35. The van der Waals surface area contributed by atoms with Crippen LogP contribution in [0.2, 0.25) is 0 Å². The summed E-state index contributed by atoms with van der Waals surface area (Å²) < 4.78 is 5.69. The van der Waals surface area contributed by atoms with Crippen molar-refractivity contribution in [2.24, 2.45) is 4.99 Å². The lowest BCUT2D eigenvalue weighted by molar-refractivity contribution is 0.370. The van der Waals surface area contributed by atoms with E-state index in [-0.39, 0.29) is 7.43 Å². The molecule has 2 heteroatoms. The zero-order chi connectivity index (χ0) is 17.9. The molecule has 0 heterocycles. The predicted octanol–water partition coefficient (Wildman–Crippen LogP) is 6.64. The van der Waals surface area contributed by atoms with Crippen LogP contribution < -0.4 is 0 Å². The van der Waals surface area contributed by atoms with E-state index in [4.69, 9.17) is 9.73 Å². The molecule has 0 unspecified atom stereocenters. The molecule has 0 saturated heterocycles. The molecule has 0 amide bonds. The second-order valence-corrected chi connectivity index (χ2v) is 6.48. The first-order valence-electron chi connectivity index (χ1n) is 8.29. The van der Waals surface area contributed by atoms with Crippen molar-refractivity contribution in [2.45, 2.75) is 49.0 Å². The Morgan fingerprint density at radius 2 is 1.44 bits per heavy atom. The van der Waals surface area contributed by atoms with Crippen LogP contribution in [-0.4, -0.2) is 12.8 Å². The quantitative estimate of drug-likeness (QED) is 0.452. The van der Waals surface area contributed by atoms with Crippen LogP contribution in [0.25, 0.3) is 5.76 Å². The molecular formula is C23H31NO.